The highest BCUT2D eigenvalue weighted by molar-refractivity contribution is 14.1. The second-order valence-corrected chi connectivity index (χ2v) is 5.31. The van der Waals surface area contributed by atoms with Crippen molar-refractivity contribution in [2.75, 3.05) is 0 Å². The molecule has 0 saturated heterocycles. The Morgan fingerprint density at radius 3 is 2.48 bits per heavy atom. The number of aromatic nitrogens is 3. The minimum Gasteiger partial charge on any atom is -0.406 e. The van der Waals surface area contributed by atoms with Crippen molar-refractivity contribution in [2.45, 2.75) is 6.36 Å². The van der Waals surface area contributed by atoms with Crippen LogP contribution in [0, 0.1) is 3.57 Å². The Hall–Kier alpha value is -1.84. The van der Waals surface area contributed by atoms with E-state index in [1.807, 2.05) is 0 Å². The van der Waals surface area contributed by atoms with Crippen molar-refractivity contribution in [2.24, 2.45) is 0 Å². The first-order valence-corrected chi connectivity index (χ1v) is 6.86. The summed E-state index contributed by atoms with van der Waals surface area (Å²) in [5.41, 5.74) is 2.05. The molecule has 108 valence electrons. The SMILES string of the molecule is FC(F)(F)Oc1ccc(-c2ccn3ncc(I)c3n2)cc1. The highest BCUT2D eigenvalue weighted by atomic mass is 127. The van der Waals surface area contributed by atoms with Crippen LogP contribution < -0.4 is 4.74 Å². The Bertz CT molecular complexity index is 783. The molecule has 0 spiro atoms. The van der Waals surface area contributed by atoms with E-state index in [0.29, 0.717) is 16.9 Å². The normalized spacial score (nSPS) is 11.8. The van der Waals surface area contributed by atoms with E-state index in [1.54, 1.807) is 23.0 Å². The molecule has 3 aromatic rings. The Labute approximate surface area is 130 Å². The Morgan fingerprint density at radius 1 is 1.10 bits per heavy atom. The Balaban J connectivity index is 1.93. The third-order valence-corrected chi connectivity index (χ3v) is 3.47. The first-order chi connectivity index (χ1) is 9.92. The van der Waals surface area contributed by atoms with Gasteiger partial charge in [-0.25, -0.2) is 9.50 Å². The lowest BCUT2D eigenvalue weighted by molar-refractivity contribution is -0.274. The van der Waals surface area contributed by atoms with Crippen LogP contribution in [0.4, 0.5) is 13.2 Å². The van der Waals surface area contributed by atoms with Gasteiger partial charge in [0.2, 0.25) is 0 Å². The number of hydrogen-bond donors (Lipinski definition) is 0. The van der Waals surface area contributed by atoms with Gasteiger partial charge in [-0.05, 0) is 52.9 Å². The minimum absolute atomic E-state index is 0.258. The standard InChI is InChI=1S/C13H7F3IN3O/c14-13(15,16)21-9-3-1-8(2-4-9)11-5-6-20-12(19-11)10(17)7-18-20/h1-7H. The quantitative estimate of drug-likeness (QED) is 0.608. The van der Waals surface area contributed by atoms with Crippen molar-refractivity contribution in [3.8, 4) is 17.0 Å². The highest BCUT2D eigenvalue weighted by Crippen LogP contribution is 2.26. The van der Waals surface area contributed by atoms with Crippen molar-refractivity contribution >= 4 is 28.2 Å². The van der Waals surface area contributed by atoms with E-state index < -0.39 is 6.36 Å². The fourth-order valence-electron chi connectivity index (χ4n) is 1.83. The maximum Gasteiger partial charge on any atom is 0.573 e. The smallest absolute Gasteiger partial charge is 0.406 e. The van der Waals surface area contributed by atoms with E-state index in [4.69, 9.17) is 0 Å². The number of ether oxygens (including phenoxy) is 1. The lowest BCUT2D eigenvalue weighted by Crippen LogP contribution is -2.16. The highest BCUT2D eigenvalue weighted by Gasteiger charge is 2.30. The van der Waals surface area contributed by atoms with Crippen molar-refractivity contribution in [3.05, 3.63) is 46.3 Å². The fraction of sp³-hybridized carbons (Fsp3) is 0.0769. The molecule has 0 fully saturated rings. The number of alkyl halides is 3. The van der Waals surface area contributed by atoms with Gasteiger partial charge in [0.05, 0.1) is 15.5 Å². The van der Waals surface area contributed by atoms with E-state index in [-0.39, 0.29) is 5.75 Å². The van der Waals surface area contributed by atoms with Gasteiger partial charge in [0, 0.05) is 11.8 Å². The first-order valence-electron chi connectivity index (χ1n) is 5.78. The molecule has 0 atom stereocenters. The monoisotopic (exact) mass is 405 g/mol. The largest absolute Gasteiger partial charge is 0.573 e. The van der Waals surface area contributed by atoms with Gasteiger partial charge in [-0.15, -0.1) is 13.2 Å². The van der Waals surface area contributed by atoms with Crippen LogP contribution in [0.3, 0.4) is 0 Å². The number of fused-ring (bicyclic) bond motifs is 1. The zero-order chi connectivity index (χ0) is 15.0. The minimum atomic E-state index is -4.69. The summed E-state index contributed by atoms with van der Waals surface area (Å²) >= 11 is 2.12. The lowest BCUT2D eigenvalue weighted by Gasteiger charge is -2.09. The number of nitrogens with zero attached hydrogens (tertiary/aromatic N) is 3. The molecule has 0 radical (unpaired) electrons. The van der Waals surface area contributed by atoms with E-state index in [2.05, 4.69) is 37.4 Å². The molecule has 1 aromatic carbocycles. The molecule has 0 N–H and O–H groups in total. The molecule has 21 heavy (non-hydrogen) atoms. The van der Waals surface area contributed by atoms with Crippen molar-refractivity contribution in [3.63, 3.8) is 0 Å². The Morgan fingerprint density at radius 2 is 1.81 bits per heavy atom. The van der Waals surface area contributed by atoms with Crippen molar-refractivity contribution < 1.29 is 17.9 Å². The molecular formula is C13H7F3IN3O. The maximum atomic E-state index is 12.1. The van der Waals surface area contributed by atoms with Gasteiger partial charge in [-0.1, -0.05) is 0 Å². The van der Waals surface area contributed by atoms with Gasteiger partial charge in [0.1, 0.15) is 5.75 Å². The summed E-state index contributed by atoms with van der Waals surface area (Å²) in [4.78, 5) is 4.44. The topological polar surface area (TPSA) is 39.4 Å². The first kappa shape index (κ1) is 14.1. The molecule has 0 amide bonds. The van der Waals surface area contributed by atoms with Crippen LogP contribution in [0.1, 0.15) is 0 Å². The fourth-order valence-corrected chi connectivity index (χ4v) is 2.32. The summed E-state index contributed by atoms with van der Waals surface area (Å²) in [5, 5.41) is 4.11. The second-order valence-electron chi connectivity index (χ2n) is 4.15. The van der Waals surface area contributed by atoms with Crippen molar-refractivity contribution in [1.82, 2.24) is 14.6 Å². The summed E-state index contributed by atoms with van der Waals surface area (Å²) in [6.07, 6.45) is -1.25. The van der Waals surface area contributed by atoms with E-state index in [9.17, 15) is 13.2 Å². The van der Waals surface area contributed by atoms with Crippen LogP contribution in [0.5, 0.6) is 5.75 Å². The molecule has 0 aliphatic heterocycles. The number of benzene rings is 1. The van der Waals surface area contributed by atoms with Crippen LogP contribution in [0.15, 0.2) is 42.7 Å². The molecule has 0 aliphatic rings. The molecule has 2 aromatic heterocycles. The third kappa shape index (κ3) is 3.09. The van der Waals surface area contributed by atoms with Crippen molar-refractivity contribution in [1.29, 1.82) is 0 Å². The maximum absolute atomic E-state index is 12.1. The average molecular weight is 405 g/mol. The van der Waals surface area contributed by atoms with Crippen LogP contribution in [0.2, 0.25) is 0 Å². The zero-order valence-corrected chi connectivity index (χ0v) is 12.5. The predicted molar refractivity (Wildman–Crippen MR) is 77.8 cm³/mol. The third-order valence-electron chi connectivity index (χ3n) is 2.71. The lowest BCUT2D eigenvalue weighted by atomic mass is 10.1. The number of halogens is 4. The van der Waals surface area contributed by atoms with Gasteiger partial charge in [-0.3, -0.25) is 0 Å². The zero-order valence-electron chi connectivity index (χ0n) is 10.3. The average Bonchev–Trinajstić information content (AvgIpc) is 2.79. The molecule has 0 unspecified atom stereocenters. The van der Waals surface area contributed by atoms with Gasteiger partial charge < -0.3 is 4.74 Å². The van der Waals surface area contributed by atoms with E-state index in [1.165, 1.54) is 24.3 Å². The van der Waals surface area contributed by atoms with Crippen LogP contribution in [0.25, 0.3) is 16.9 Å². The molecule has 8 heteroatoms. The molecule has 0 aliphatic carbocycles. The van der Waals surface area contributed by atoms with Gasteiger partial charge in [0.15, 0.2) is 5.65 Å². The molecule has 0 saturated carbocycles. The summed E-state index contributed by atoms with van der Waals surface area (Å²) in [6.45, 7) is 0. The van der Waals surface area contributed by atoms with Gasteiger partial charge in [-0.2, -0.15) is 5.10 Å². The molecule has 4 nitrogen and oxygen atoms in total. The summed E-state index contributed by atoms with van der Waals surface area (Å²) in [5.74, 6) is -0.258. The second kappa shape index (κ2) is 5.17. The molecule has 3 rings (SSSR count). The van der Waals surface area contributed by atoms with E-state index >= 15 is 0 Å². The van der Waals surface area contributed by atoms with Gasteiger partial charge >= 0.3 is 6.36 Å². The molecular weight excluding hydrogens is 398 g/mol. The molecule has 2 heterocycles. The Kier molecular flexibility index (Phi) is 3.47. The summed E-state index contributed by atoms with van der Waals surface area (Å²) in [7, 11) is 0. The van der Waals surface area contributed by atoms with Gasteiger partial charge in [0.25, 0.3) is 0 Å². The van der Waals surface area contributed by atoms with Crippen LogP contribution in [-0.2, 0) is 0 Å². The van der Waals surface area contributed by atoms with E-state index in [0.717, 1.165) is 3.57 Å². The molecule has 0 bridgehead atoms. The number of hydrogen-bond acceptors (Lipinski definition) is 3. The predicted octanol–water partition coefficient (Wildman–Crippen LogP) is 3.90. The number of rotatable bonds is 2. The summed E-state index contributed by atoms with van der Waals surface area (Å²) in [6, 6.07) is 7.33. The van der Waals surface area contributed by atoms with Crippen LogP contribution in [-0.4, -0.2) is 21.0 Å². The summed E-state index contributed by atoms with van der Waals surface area (Å²) < 4.78 is 42.7. The van der Waals surface area contributed by atoms with Crippen LogP contribution >= 0.6 is 22.6 Å².